The van der Waals surface area contributed by atoms with Crippen molar-refractivity contribution in [3.05, 3.63) is 42.2 Å². The van der Waals surface area contributed by atoms with E-state index < -0.39 is 0 Å². The molecule has 1 aliphatic rings. The summed E-state index contributed by atoms with van der Waals surface area (Å²) in [5.74, 6) is -0.0513. The maximum absolute atomic E-state index is 11.9. The molecule has 1 fully saturated rings. The molecule has 3 rings (SSSR count). The summed E-state index contributed by atoms with van der Waals surface area (Å²) >= 11 is 0. The third-order valence-electron chi connectivity index (χ3n) is 3.32. The quantitative estimate of drug-likeness (QED) is 0.897. The van der Waals surface area contributed by atoms with Crippen LogP contribution in [0.4, 0.5) is 5.69 Å². The van der Waals surface area contributed by atoms with E-state index in [-0.39, 0.29) is 18.2 Å². The van der Waals surface area contributed by atoms with Gasteiger partial charge in [0.25, 0.3) is 0 Å². The van der Waals surface area contributed by atoms with Crippen LogP contribution < -0.4 is 10.3 Å². The Morgan fingerprint density at radius 1 is 1.38 bits per heavy atom. The Morgan fingerprint density at radius 3 is 3.00 bits per heavy atom. The molecule has 1 N–H and O–H groups in total. The first-order valence-corrected chi connectivity index (χ1v) is 6.78. The molecule has 108 valence electrons. The van der Waals surface area contributed by atoms with Crippen LogP contribution in [-0.4, -0.2) is 33.5 Å². The van der Waals surface area contributed by atoms with Gasteiger partial charge in [0.15, 0.2) is 0 Å². The summed E-state index contributed by atoms with van der Waals surface area (Å²) in [7, 11) is 0. The van der Waals surface area contributed by atoms with E-state index >= 15 is 0 Å². The number of hydrogen-bond acceptors (Lipinski definition) is 4. The summed E-state index contributed by atoms with van der Waals surface area (Å²) in [5.41, 5.74) is 4.29. The summed E-state index contributed by atoms with van der Waals surface area (Å²) < 4.78 is 0. The monoisotopic (exact) mass is 285 g/mol. The Hall–Kier alpha value is -2.70. The average Bonchev–Trinajstić information content (AvgIpc) is 3.10. The molecule has 0 saturated carbocycles. The van der Waals surface area contributed by atoms with Crippen molar-refractivity contribution in [1.82, 2.24) is 15.1 Å². The Bertz CT molecular complexity index is 653. The van der Waals surface area contributed by atoms with Gasteiger partial charge in [-0.05, 0) is 29.3 Å². The Morgan fingerprint density at radius 2 is 2.29 bits per heavy atom. The number of hydrogen-bond donors (Lipinski definition) is 1. The molecule has 0 bridgehead atoms. The van der Waals surface area contributed by atoms with Gasteiger partial charge in [0.2, 0.25) is 11.8 Å². The van der Waals surface area contributed by atoms with Gasteiger partial charge in [-0.15, -0.1) is 5.10 Å². The first kappa shape index (κ1) is 13.3. The van der Waals surface area contributed by atoms with E-state index in [0.717, 1.165) is 24.2 Å². The first-order valence-electron chi connectivity index (χ1n) is 6.78. The second-order valence-electron chi connectivity index (χ2n) is 4.88. The number of nitrogens with one attached hydrogen (secondary N) is 1. The fraction of sp³-hybridized carbons (Fsp3) is 0.286. The molecule has 1 saturated heterocycles. The highest BCUT2D eigenvalue weighted by atomic mass is 16.2. The van der Waals surface area contributed by atoms with Crippen LogP contribution in [0, 0.1) is 0 Å². The fourth-order valence-electron chi connectivity index (χ4n) is 2.38. The fourth-order valence-corrected chi connectivity index (χ4v) is 2.38. The summed E-state index contributed by atoms with van der Waals surface area (Å²) in [4.78, 5) is 26.7. The van der Waals surface area contributed by atoms with Crippen molar-refractivity contribution in [3.63, 3.8) is 0 Å². The smallest absolute Gasteiger partial charge is 0.244 e. The summed E-state index contributed by atoms with van der Waals surface area (Å²) in [6.07, 6.45) is 4.74. The topological polar surface area (TPSA) is 80.1 Å². The molecule has 1 aromatic heterocycles. The van der Waals surface area contributed by atoms with Crippen LogP contribution >= 0.6 is 0 Å². The minimum Gasteiger partial charge on any atom is -0.312 e. The minimum absolute atomic E-state index is 0.138. The first-order chi connectivity index (χ1) is 10.2. The van der Waals surface area contributed by atoms with Crippen molar-refractivity contribution < 1.29 is 9.59 Å². The van der Waals surface area contributed by atoms with Gasteiger partial charge in [0.05, 0.1) is 18.8 Å². The molecular weight excluding hydrogens is 270 g/mol. The summed E-state index contributed by atoms with van der Waals surface area (Å²) in [6.45, 7) is 0.743. The number of nitrogens with zero attached hydrogens (tertiary/aromatic N) is 4. The summed E-state index contributed by atoms with van der Waals surface area (Å²) in [6, 6.07) is 7.50. The number of carbonyl (C=O) groups excluding carboxylic acids is 2. The molecule has 2 aromatic rings. The predicted molar refractivity (Wildman–Crippen MR) is 76.1 cm³/mol. The van der Waals surface area contributed by atoms with Crippen LogP contribution in [0.15, 0.2) is 36.7 Å². The van der Waals surface area contributed by atoms with Crippen molar-refractivity contribution in [1.29, 1.82) is 0 Å². The van der Waals surface area contributed by atoms with E-state index in [1.807, 2.05) is 24.3 Å². The molecule has 0 unspecified atom stereocenters. The number of anilines is 1. The molecule has 21 heavy (non-hydrogen) atoms. The molecule has 7 heteroatoms. The standard InChI is InChI=1S/C14H15N5O2/c20-13(16-19-8-6-15-17-19)10-11-3-1-4-12(9-11)18-7-2-5-14(18)21/h1,3-4,6,8-9H,2,5,7,10H2,(H,16,20). The lowest BCUT2D eigenvalue weighted by molar-refractivity contribution is -0.117. The van der Waals surface area contributed by atoms with Gasteiger partial charge in [-0.2, -0.15) is 4.79 Å². The SMILES string of the molecule is O=C(Cc1cccc(N2CCCC2=O)c1)Nn1ccnn1. The van der Waals surface area contributed by atoms with Gasteiger partial charge >= 0.3 is 0 Å². The Kier molecular flexibility index (Phi) is 3.63. The van der Waals surface area contributed by atoms with E-state index in [0.29, 0.717) is 6.42 Å². The van der Waals surface area contributed by atoms with Crippen LogP contribution in [0.3, 0.4) is 0 Å². The van der Waals surface area contributed by atoms with Crippen LogP contribution in [0.1, 0.15) is 18.4 Å². The van der Waals surface area contributed by atoms with E-state index in [4.69, 9.17) is 0 Å². The van der Waals surface area contributed by atoms with E-state index in [1.165, 1.54) is 11.0 Å². The number of benzene rings is 1. The van der Waals surface area contributed by atoms with Crippen molar-refractivity contribution in [2.75, 3.05) is 16.9 Å². The zero-order valence-corrected chi connectivity index (χ0v) is 11.4. The molecule has 0 spiro atoms. The Labute approximate surface area is 121 Å². The highest BCUT2D eigenvalue weighted by molar-refractivity contribution is 5.95. The average molecular weight is 285 g/mol. The van der Waals surface area contributed by atoms with Crippen LogP contribution in [0.2, 0.25) is 0 Å². The van der Waals surface area contributed by atoms with Gasteiger partial charge in [0.1, 0.15) is 0 Å². The van der Waals surface area contributed by atoms with Crippen molar-refractivity contribution in [2.45, 2.75) is 19.3 Å². The predicted octanol–water partition coefficient (Wildman–Crippen LogP) is 0.718. The third kappa shape index (κ3) is 3.07. The van der Waals surface area contributed by atoms with Gasteiger partial charge in [-0.1, -0.05) is 12.1 Å². The number of amides is 2. The van der Waals surface area contributed by atoms with Crippen molar-refractivity contribution in [3.8, 4) is 0 Å². The van der Waals surface area contributed by atoms with E-state index in [9.17, 15) is 9.59 Å². The van der Waals surface area contributed by atoms with Crippen LogP contribution in [-0.2, 0) is 16.0 Å². The maximum Gasteiger partial charge on any atom is 0.244 e. The molecule has 2 heterocycles. The number of rotatable bonds is 4. The second-order valence-corrected chi connectivity index (χ2v) is 4.88. The van der Waals surface area contributed by atoms with Gasteiger partial charge in [-0.25, -0.2) is 5.43 Å². The Balaban J connectivity index is 1.68. The van der Waals surface area contributed by atoms with Gasteiger partial charge in [0, 0.05) is 18.7 Å². The lowest BCUT2D eigenvalue weighted by Crippen LogP contribution is -2.26. The molecule has 2 amide bonds. The zero-order valence-electron chi connectivity index (χ0n) is 11.4. The third-order valence-corrected chi connectivity index (χ3v) is 3.32. The van der Waals surface area contributed by atoms with E-state index in [2.05, 4.69) is 15.7 Å². The summed E-state index contributed by atoms with van der Waals surface area (Å²) in [5, 5.41) is 7.28. The van der Waals surface area contributed by atoms with Crippen molar-refractivity contribution >= 4 is 17.5 Å². The molecule has 0 radical (unpaired) electrons. The zero-order chi connectivity index (χ0) is 14.7. The molecule has 7 nitrogen and oxygen atoms in total. The lowest BCUT2D eigenvalue weighted by Gasteiger charge is -2.16. The highest BCUT2D eigenvalue weighted by Crippen LogP contribution is 2.22. The van der Waals surface area contributed by atoms with E-state index in [1.54, 1.807) is 11.1 Å². The van der Waals surface area contributed by atoms with Gasteiger partial charge < -0.3 is 4.90 Å². The highest BCUT2D eigenvalue weighted by Gasteiger charge is 2.21. The molecule has 0 atom stereocenters. The second kappa shape index (κ2) is 5.74. The van der Waals surface area contributed by atoms with Crippen LogP contribution in [0.25, 0.3) is 0 Å². The maximum atomic E-state index is 11.9. The minimum atomic E-state index is -0.189. The molecule has 0 aliphatic carbocycles. The molecule has 1 aliphatic heterocycles. The van der Waals surface area contributed by atoms with Gasteiger partial charge in [-0.3, -0.25) is 9.59 Å². The normalized spacial score (nSPS) is 14.5. The largest absolute Gasteiger partial charge is 0.312 e. The number of carbonyl (C=O) groups is 2. The lowest BCUT2D eigenvalue weighted by atomic mass is 10.1. The van der Waals surface area contributed by atoms with Crippen molar-refractivity contribution in [2.24, 2.45) is 0 Å². The number of aromatic nitrogens is 3. The van der Waals surface area contributed by atoms with Crippen LogP contribution in [0.5, 0.6) is 0 Å². The molecule has 1 aromatic carbocycles. The molecular formula is C14H15N5O2.